The first-order valence-corrected chi connectivity index (χ1v) is 12.5. The second kappa shape index (κ2) is 8.90. The fourth-order valence-electron chi connectivity index (χ4n) is 4.09. The van der Waals surface area contributed by atoms with E-state index in [1.54, 1.807) is 60.7 Å². The molecule has 0 unspecified atom stereocenters. The number of hydrogen-bond acceptors (Lipinski definition) is 5. The average Bonchev–Trinajstić information content (AvgIpc) is 2.91. The third-order valence-corrected chi connectivity index (χ3v) is 7.88. The zero-order chi connectivity index (χ0) is 25.4. The third kappa shape index (κ3) is 3.97. The smallest absolute Gasteiger partial charge is 0.264 e. The molecule has 0 atom stereocenters. The molecule has 1 N–H and O–H groups in total. The number of sulfonamides is 1. The predicted molar refractivity (Wildman–Crippen MR) is 136 cm³/mol. The minimum absolute atomic E-state index is 0.0435. The Bertz CT molecular complexity index is 1630. The summed E-state index contributed by atoms with van der Waals surface area (Å²) >= 11 is 0. The van der Waals surface area contributed by atoms with Gasteiger partial charge in [-0.05, 0) is 54.6 Å². The van der Waals surface area contributed by atoms with Crippen molar-refractivity contribution in [3.63, 3.8) is 0 Å². The van der Waals surface area contributed by atoms with Crippen LogP contribution in [-0.2, 0) is 10.0 Å². The average molecular weight is 497 g/mol. The van der Waals surface area contributed by atoms with Crippen LogP contribution in [0.4, 0.5) is 11.4 Å². The minimum atomic E-state index is -3.81. The molecule has 0 saturated carbocycles. The number of ketones is 2. The summed E-state index contributed by atoms with van der Waals surface area (Å²) in [7, 11) is -2.34. The standard InChI is InChI=1S/C28H20N2O5S/c1-30(20-7-3-2-4-8-20)36(34,35)21-14-11-18(12-15-21)28(33)29-19-13-16-24-25(17-19)27(32)23-10-6-5-9-22(23)26(24)31/h2-17H,1H3,(H,29,33). The zero-order valence-electron chi connectivity index (χ0n) is 19.1. The highest BCUT2D eigenvalue weighted by molar-refractivity contribution is 7.92. The molecule has 8 heteroatoms. The molecule has 178 valence electrons. The molecule has 5 rings (SSSR count). The summed E-state index contributed by atoms with van der Waals surface area (Å²) in [5, 5.41) is 2.71. The van der Waals surface area contributed by atoms with Crippen molar-refractivity contribution >= 4 is 38.9 Å². The lowest BCUT2D eigenvalue weighted by Crippen LogP contribution is -2.26. The van der Waals surface area contributed by atoms with Crippen LogP contribution in [0.25, 0.3) is 0 Å². The fraction of sp³-hybridized carbons (Fsp3) is 0.0357. The number of nitrogens with zero attached hydrogens (tertiary/aromatic N) is 1. The van der Waals surface area contributed by atoms with Gasteiger partial charge in [-0.3, -0.25) is 18.7 Å². The van der Waals surface area contributed by atoms with Gasteiger partial charge in [0.2, 0.25) is 0 Å². The van der Waals surface area contributed by atoms with Crippen molar-refractivity contribution in [1.82, 2.24) is 0 Å². The zero-order valence-corrected chi connectivity index (χ0v) is 20.0. The van der Waals surface area contributed by atoms with Gasteiger partial charge >= 0.3 is 0 Å². The van der Waals surface area contributed by atoms with Crippen molar-refractivity contribution in [2.45, 2.75) is 4.90 Å². The Labute approximate surface area is 208 Å². The van der Waals surface area contributed by atoms with Gasteiger partial charge in [0.1, 0.15) is 0 Å². The number of carbonyl (C=O) groups excluding carboxylic acids is 3. The second-order valence-electron chi connectivity index (χ2n) is 8.25. The van der Waals surface area contributed by atoms with Gasteiger partial charge in [0.25, 0.3) is 15.9 Å². The summed E-state index contributed by atoms with van der Waals surface area (Å²) in [5.74, 6) is -1.01. The maximum absolute atomic E-state index is 13.0. The van der Waals surface area contributed by atoms with E-state index in [9.17, 15) is 22.8 Å². The molecule has 36 heavy (non-hydrogen) atoms. The molecule has 0 bridgehead atoms. The lowest BCUT2D eigenvalue weighted by molar-refractivity contribution is 0.0979. The number of nitrogens with one attached hydrogen (secondary N) is 1. The van der Waals surface area contributed by atoms with Gasteiger partial charge in [-0.2, -0.15) is 0 Å². The van der Waals surface area contributed by atoms with Crippen LogP contribution in [0.5, 0.6) is 0 Å². The Morgan fingerprint density at radius 2 is 1.25 bits per heavy atom. The molecular formula is C28H20N2O5S. The highest BCUT2D eigenvalue weighted by Gasteiger charge is 2.29. The molecule has 0 heterocycles. The quantitative estimate of drug-likeness (QED) is 0.385. The summed E-state index contributed by atoms with van der Waals surface area (Å²) in [6.45, 7) is 0. The maximum atomic E-state index is 13.0. The lowest BCUT2D eigenvalue weighted by Gasteiger charge is -2.19. The molecule has 4 aromatic rings. The largest absolute Gasteiger partial charge is 0.322 e. The lowest BCUT2D eigenvalue weighted by atomic mass is 9.84. The summed E-state index contributed by atoms with van der Waals surface area (Å²) in [6.07, 6.45) is 0. The van der Waals surface area contributed by atoms with E-state index >= 15 is 0 Å². The van der Waals surface area contributed by atoms with Crippen LogP contribution >= 0.6 is 0 Å². The van der Waals surface area contributed by atoms with Crippen molar-refractivity contribution in [3.05, 3.63) is 125 Å². The Balaban J connectivity index is 1.36. The number of rotatable bonds is 5. The monoisotopic (exact) mass is 496 g/mol. The Morgan fingerprint density at radius 1 is 0.694 bits per heavy atom. The van der Waals surface area contributed by atoms with E-state index in [0.717, 1.165) is 0 Å². The van der Waals surface area contributed by atoms with E-state index in [-0.39, 0.29) is 33.2 Å². The van der Waals surface area contributed by atoms with Crippen LogP contribution in [0.3, 0.4) is 0 Å². The number of hydrogen-bond donors (Lipinski definition) is 1. The minimum Gasteiger partial charge on any atom is -0.322 e. The highest BCUT2D eigenvalue weighted by atomic mass is 32.2. The van der Waals surface area contributed by atoms with Crippen LogP contribution in [0.2, 0.25) is 0 Å². The highest BCUT2D eigenvalue weighted by Crippen LogP contribution is 2.29. The van der Waals surface area contributed by atoms with E-state index in [0.29, 0.717) is 22.5 Å². The van der Waals surface area contributed by atoms with E-state index in [2.05, 4.69) is 5.32 Å². The van der Waals surface area contributed by atoms with Crippen LogP contribution in [-0.4, -0.2) is 32.9 Å². The summed E-state index contributed by atoms with van der Waals surface area (Å²) in [4.78, 5) is 38.6. The summed E-state index contributed by atoms with van der Waals surface area (Å²) in [5.41, 5.74) is 2.30. The van der Waals surface area contributed by atoms with E-state index in [1.165, 1.54) is 47.8 Å². The molecule has 0 aliphatic heterocycles. The molecule has 7 nitrogen and oxygen atoms in total. The molecule has 0 saturated heterocycles. The number of carbonyl (C=O) groups is 3. The topological polar surface area (TPSA) is 101 Å². The van der Waals surface area contributed by atoms with Gasteiger partial charge < -0.3 is 5.32 Å². The SMILES string of the molecule is CN(c1ccccc1)S(=O)(=O)c1ccc(C(=O)Nc2ccc3c(c2)C(=O)c2ccccc2C3=O)cc1. The predicted octanol–water partition coefficient (Wildman–Crippen LogP) is 4.54. The van der Waals surface area contributed by atoms with Crippen molar-refractivity contribution in [2.75, 3.05) is 16.7 Å². The van der Waals surface area contributed by atoms with Crippen LogP contribution in [0.1, 0.15) is 42.2 Å². The van der Waals surface area contributed by atoms with Gasteiger partial charge in [0.05, 0.1) is 10.6 Å². The van der Waals surface area contributed by atoms with Crippen LogP contribution in [0, 0.1) is 0 Å². The molecule has 1 amide bonds. The Hall–Kier alpha value is -4.56. The number of anilines is 2. The molecule has 0 aromatic heterocycles. The van der Waals surface area contributed by atoms with E-state index < -0.39 is 15.9 Å². The summed E-state index contributed by atoms with van der Waals surface area (Å²) < 4.78 is 27.1. The summed E-state index contributed by atoms with van der Waals surface area (Å²) in [6, 6.07) is 25.5. The maximum Gasteiger partial charge on any atom is 0.264 e. The van der Waals surface area contributed by atoms with Gasteiger partial charge in [0, 0.05) is 40.6 Å². The molecule has 0 fully saturated rings. The van der Waals surface area contributed by atoms with E-state index in [4.69, 9.17) is 0 Å². The Kier molecular flexibility index (Phi) is 5.74. The molecule has 0 spiro atoms. The number of benzene rings is 4. The fourth-order valence-corrected chi connectivity index (χ4v) is 5.29. The van der Waals surface area contributed by atoms with Gasteiger partial charge in [0.15, 0.2) is 11.6 Å². The van der Waals surface area contributed by atoms with Crippen LogP contribution in [0.15, 0.2) is 102 Å². The van der Waals surface area contributed by atoms with Crippen molar-refractivity contribution in [3.8, 4) is 0 Å². The van der Waals surface area contributed by atoms with Gasteiger partial charge in [-0.25, -0.2) is 8.42 Å². The normalized spacial score (nSPS) is 12.5. The van der Waals surface area contributed by atoms with Crippen LogP contribution < -0.4 is 9.62 Å². The molecule has 0 radical (unpaired) electrons. The van der Waals surface area contributed by atoms with E-state index in [1.807, 2.05) is 0 Å². The van der Waals surface area contributed by atoms with Crippen molar-refractivity contribution in [1.29, 1.82) is 0 Å². The number of para-hydroxylation sites is 1. The van der Waals surface area contributed by atoms with Crippen molar-refractivity contribution in [2.24, 2.45) is 0 Å². The molecule has 1 aliphatic carbocycles. The third-order valence-electron chi connectivity index (χ3n) is 6.08. The first-order valence-electron chi connectivity index (χ1n) is 11.1. The second-order valence-corrected chi connectivity index (χ2v) is 10.2. The number of fused-ring (bicyclic) bond motifs is 2. The Morgan fingerprint density at radius 3 is 1.89 bits per heavy atom. The van der Waals surface area contributed by atoms with Crippen molar-refractivity contribution < 1.29 is 22.8 Å². The molecular weight excluding hydrogens is 476 g/mol. The first-order chi connectivity index (χ1) is 17.3. The van der Waals surface area contributed by atoms with Gasteiger partial charge in [-0.1, -0.05) is 42.5 Å². The van der Waals surface area contributed by atoms with Gasteiger partial charge in [-0.15, -0.1) is 0 Å². The number of amides is 1. The molecule has 1 aliphatic rings. The first kappa shape index (κ1) is 23.2. The molecule has 4 aromatic carbocycles.